The average molecular weight is 232 g/mol. The van der Waals surface area contributed by atoms with E-state index in [0.717, 1.165) is 26.6 Å². The van der Waals surface area contributed by atoms with Crippen molar-refractivity contribution < 1.29 is 0 Å². The number of aromatic nitrogens is 2. The van der Waals surface area contributed by atoms with Gasteiger partial charge in [-0.25, -0.2) is 0 Å². The lowest BCUT2D eigenvalue weighted by atomic mass is 10.2. The molecular weight excluding hydrogens is 226 g/mol. The Balaban J connectivity index is 2.28. The number of thiophene rings is 1. The fourth-order valence-corrected chi connectivity index (χ4v) is 2.48. The van der Waals surface area contributed by atoms with E-state index in [1.165, 1.54) is 11.3 Å². The van der Waals surface area contributed by atoms with Crippen LogP contribution in [0.3, 0.4) is 0 Å². The Kier molecular flexibility index (Phi) is 2.59. The molecule has 0 amide bonds. The minimum Gasteiger partial charge on any atom is -0.318 e. The van der Waals surface area contributed by atoms with Crippen LogP contribution in [0, 0.1) is 0 Å². The number of rotatable bonds is 2. The van der Waals surface area contributed by atoms with Crippen LogP contribution in [0.4, 0.5) is 0 Å². The standard InChI is InChI=1S/C7H6ClN3S2/c8-6-2-1-5(12-6)7(9)4-3-10-13-11-4/h1-3,7H,9H2. The molecule has 6 heteroatoms. The molecule has 1 unspecified atom stereocenters. The maximum Gasteiger partial charge on any atom is 0.0963 e. The zero-order chi connectivity index (χ0) is 9.26. The van der Waals surface area contributed by atoms with Gasteiger partial charge in [-0.05, 0) is 12.1 Å². The van der Waals surface area contributed by atoms with Crippen LogP contribution in [-0.2, 0) is 0 Å². The number of hydrogen-bond donors (Lipinski definition) is 1. The Bertz CT molecular complexity index is 384. The zero-order valence-electron chi connectivity index (χ0n) is 6.48. The van der Waals surface area contributed by atoms with Crippen molar-refractivity contribution in [1.82, 2.24) is 8.75 Å². The summed E-state index contributed by atoms with van der Waals surface area (Å²) in [5, 5.41) is 0. The highest BCUT2D eigenvalue weighted by atomic mass is 35.5. The van der Waals surface area contributed by atoms with Crippen LogP contribution in [0.5, 0.6) is 0 Å². The predicted molar refractivity (Wildman–Crippen MR) is 55.3 cm³/mol. The Morgan fingerprint density at radius 3 is 2.85 bits per heavy atom. The van der Waals surface area contributed by atoms with E-state index in [1.54, 1.807) is 6.20 Å². The average Bonchev–Trinajstić information content (AvgIpc) is 2.72. The molecule has 2 rings (SSSR count). The summed E-state index contributed by atoms with van der Waals surface area (Å²) in [6.07, 6.45) is 1.68. The molecule has 0 aliphatic heterocycles. The van der Waals surface area contributed by atoms with Crippen molar-refractivity contribution >= 4 is 34.7 Å². The van der Waals surface area contributed by atoms with Gasteiger partial charge in [-0.2, -0.15) is 8.75 Å². The molecule has 2 heterocycles. The van der Waals surface area contributed by atoms with Gasteiger partial charge < -0.3 is 5.73 Å². The maximum absolute atomic E-state index is 5.93. The monoisotopic (exact) mass is 231 g/mol. The first-order valence-corrected chi connectivity index (χ1v) is 5.48. The largest absolute Gasteiger partial charge is 0.318 e. The molecule has 1 atom stereocenters. The fraction of sp³-hybridized carbons (Fsp3) is 0.143. The second-order valence-electron chi connectivity index (χ2n) is 2.45. The molecule has 0 aromatic carbocycles. The molecule has 2 N–H and O–H groups in total. The molecule has 0 fully saturated rings. The Morgan fingerprint density at radius 2 is 2.31 bits per heavy atom. The molecule has 0 saturated heterocycles. The van der Waals surface area contributed by atoms with Gasteiger partial charge >= 0.3 is 0 Å². The van der Waals surface area contributed by atoms with Crippen LogP contribution in [-0.4, -0.2) is 8.75 Å². The normalized spacial score (nSPS) is 13.1. The highest BCUT2D eigenvalue weighted by molar-refractivity contribution is 7.16. The molecule has 2 aromatic heterocycles. The van der Waals surface area contributed by atoms with Gasteiger partial charge in [0.1, 0.15) is 0 Å². The number of nitrogens with zero attached hydrogens (tertiary/aromatic N) is 2. The van der Waals surface area contributed by atoms with Crippen LogP contribution >= 0.6 is 34.7 Å². The molecule has 13 heavy (non-hydrogen) atoms. The van der Waals surface area contributed by atoms with Gasteiger partial charge in [0.25, 0.3) is 0 Å². The summed E-state index contributed by atoms with van der Waals surface area (Å²) in [6, 6.07) is 3.55. The van der Waals surface area contributed by atoms with Crippen molar-refractivity contribution in [2.24, 2.45) is 5.73 Å². The minimum atomic E-state index is -0.198. The fourth-order valence-electron chi connectivity index (χ4n) is 0.950. The summed E-state index contributed by atoms with van der Waals surface area (Å²) < 4.78 is 8.71. The van der Waals surface area contributed by atoms with Gasteiger partial charge in [0.05, 0.1) is 34.0 Å². The van der Waals surface area contributed by atoms with E-state index in [1.807, 2.05) is 12.1 Å². The Hall–Kier alpha value is -0.490. The Morgan fingerprint density at radius 1 is 1.46 bits per heavy atom. The number of hydrogen-bond acceptors (Lipinski definition) is 5. The first kappa shape index (κ1) is 9.08. The summed E-state index contributed by atoms with van der Waals surface area (Å²) >= 11 is 8.43. The molecule has 3 nitrogen and oxygen atoms in total. The Labute approximate surface area is 88.5 Å². The van der Waals surface area contributed by atoms with Crippen LogP contribution in [0.15, 0.2) is 18.3 Å². The summed E-state index contributed by atoms with van der Waals surface area (Å²) in [6.45, 7) is 0. The van der Waals surface area contributed by atoms with E-state index < -0.39 is 0 Å². The van der Waals surface area contributed by atoms with Gasteiger partial charge in [0, 0.05) is 4.88 Å². The van der Waals surface area contributed by atoms with Crippen LogP contribution in [0.2, 0.25) is 4.34 Å². The molecular formula is C7H6ClN3S2. The van der Waals surface area contributed by atoms with Crippen molar-refractivity contribution in [1.29, 1.82) is 0 Å². The third kappa shape index (κ3) is 1.88. The molecule has 0 bridgehead atoms. The van der Waals surface area contributed by atoms with Gasteiger partial charge in [0.15, 0.2) is 0 Å². The molecule has 0 aliphatic rings. The van der Waals surface area contributed by atoms with E-state index in [2.05, 4.69) is 8.75 Å². The van der Waals surface area contributed by atoms with E-state index in [4.69, 9.17) is 17.3 Å². The lowest BCUT2D eigenvalue weighted by Gasteiger charge is -2.03. The first-order valence-electron chi connectivity index (χ1n) is 3.55. The zero-order valence-corrected chi connectivity index (χ0v) is 8.86. The van der Waals surface area contributed by atoms with Crippen LogP contribution in [0.25, 0.3) is 0 Å². The van der Waals surface area contributed by atoms with Crippen LogP contribution in [0.1, 0.15) is 16.6 Å². The maximum atomic E-state index is 5.93. The van der Waals surface area contributed by atoms with E-state index in [9.17, 15) is 0 Å². The summed E-state index contributed by atoms with van der Waals surface area (Å²) in [5.41, 5.74) is 6.72. The van der Waals surface area contributed by atoms with Gasteiger partial charge in [-0.1, -0.05) is 11.6 Å². The molecule has 68 valence electrons. The summed E-state index contributed by atoms with van der Waals surface area (Å²) in [5.74, 6) is 0. The van der Waals surface area contributed by atoms with E-state index >= 15 is 0 Å². The summed E-state index contributed by atoms with van der Waals surface area (Å²) in [7, 11) is 0. The molecule has 0 saturated carbocycles. The van der Waals surface area contributed by atoms with Crippen molar-refractivity contribution in [3.8, 4) is 0 Å². The summed E-state index contributed by atoms with van der Waals surface area (Å²) in [4.78, 5) is 1.01. The van der Waals surface area contributed by atoms with Gasteiger partial charge in [0.2, 0.25) is 0 Å². The third-order valence-electron chi connectivity index (χ3n) is 1.60. The topological polar surface area (TPSA) is 51.8 Å². The third-order valence-corrected chi connectivity index (χ3v) is 3.40. The van der Waals surface area contributed by atoms with Crippen LogP contribution < -0.4 is 5.73 Å². The molecule has 0 aliphatic carbocycles. The van der Waals surface area contributed by atoms with Crippen molar-refractivity contribution in [3.05, 3.63) is 33.2 Å². The van der Waals surface area contributed by atoms with Crippen molar-refractivity contribution in [3.63, 3.8) is 0 Å². The highest BCUT2D eigenvalue weighted by Gasteiger charge is 2.13. The smallest absolute Gasteiger partial charge is 0.0963 e. The van der Waals surface area contributed by atoms with E-state index in [-0.39, 0.29) is 6.04 Å². The van der Waals surface area contributed by atoms with Gasteiger partial charge in [-0.15, -0.1) is 11.3 Å². The molecule has 2 aromatic rings. The SMILES string of the molecule is NC(c1cnsn1)c1ccc(Cl)s1. The molecule has 0 spiro atoms. The second kappa shape index (κ2) is 3.71. The quantitative estimate of drug-likeness (QED) is 0.863. The lowest BCUT2D eigenvalue weighted by Crippen LogP contribution is -2.10. The van der Waals surface area contributed by atoms with Crippen molar-refractivity contribution in [2.75, 3.05) is 0 Å². The van der Waals surface area contributed by atoms with E-state index in [0.29, 0.717) is 0 Å². The number of nitrogens with two attached hydrogens (primary N) is 1. The second-order valence-corrected chi connectivity index (χ2v) is 4.76. The van der Waals surface area contributed by atoms with Gasteiger partial charge in [-0.3, -0.25) is 0 Å². The minimum absolute atomic E-state index is 0.198. The lowest BCUT2D eigenvalue weighted by molar-refractivity contribution is 0.863. The van der Waals surface area contributed by atoms with Crippen molar-refractivity contribution in [2.45, 2.75) is 6.04 Å². The number of halogens is 1. The first-order chi connectivity index (χ1) is 6.27. The predicted octanol–water partition coefficient (Wildman–Crippen LogP) is 2.30. The highest BCUT2D eigenvalue weighted by Crippen LogP contribution is 2.28. The molecule has 0 radical (unpaired) electrons.